The van der Waals surface area contributed by atoms with Crippen LogP contribution in [0.15, 0.2) is 12.3 Å². The van der Waals surface area contributed by atoms with Gasteiger partial charge in [0.05, 0.1) is 18.8 Å². The fraction of sp³-hybridized carbons (Fsp3) is 0.621. The summed E-state index contributed by atoms with van der Waals surface area (Å²) in [5.74, 6) is -0.262. The molecule has 0 aromatic carbocycles. The minimum Gasteiger partial charge on any atom is -0.444 e. The van der Waals surface area contributed by atoms with E-state index in [2.05, 4.69) is 15.2 Å². The van der Waals surface area contributed by atoms with E-state index < -0.39 is 17.6 Å². The first-order valence-corrected chi connectivity index (χ1v) is 15.5. The number of piperidine rings is 1. The third kappa shape index (κ3) is 5.86. The molecule has 3 aromatic heterocycles. The Morgan fingerprint density at radius 1 is 1.19 bits per heavy atom. The summed E-state index contributed by atoms with van der Waals surface area (Å²) in [5, 5.41) is 7.92. The number of ether oxygens (including phenoxy) is 3. The van der Waals surface area contributed by atoms with Gasteiger partial charge in [-0.1, -0.05) is 23.2 Å². The molecule has 3 aliphatic heterocycles. The second-order valence-electron chi connectivity index (χ2n) is 12.6. The molecule has 43 heavy (non-hydrogen) atoms. The van der Waals surface area contributed by atoms with Crippen molar-refractivity contribution in [3.63, 3.8) is 0 Å². The SMILES string of the molecule is C[C@@H]1OCC2(CCN(c3nc4c(nc3Cl)c(-c3ccnc(F)c3Cl)nn4C3CCCCO3)CC2)[C@@H]1NC(=O)OC(C)(C)C. The highest BCUT2D eigenvalue weighted by atomic mass is 35.5. The topological polar surface area (TPSA) is 117 Å². The number of pyridine rings is 1. The van der Waals surface area contributed by atoms with Crippen LogP contribution in [0.25, 0.3) is 22.4 Å². The molecule has 0 radical (unpaired) electrons. The van der Waals surface area contributed by atoms with Crippen LogP contribution in [-0.4, -0.2) is 74.9 Å². The van der Waals surface area contributed by atoms with Crippen molar-refractivity contribution in [2.45, 2.75) is 83.8 Å². The first-order chi connectivity index (χ1) is 20.5. The van der Waals surface area contributed by atoms with Gasteiger partial charge in [-0.25, -0.2) is 24.4 Å². The van der Waals surface area contributed by atoms with Crippen molar-refractivity contribution in [1.29, 1.82) is 0 Å². The van der Waals surface area contributed by atoms with Crippen LogP contribution in [0.2, 0.25) is 10.2 Å². The van der Waals surface area contributed by atoms with Gasteiger partial charge in [-0.05, 0) is 65.9 Å². The van der Waals surface area contributed by atoms with Crippen molar-refractivity contribution in [3.05, 3.63) is 28.4 Å². The Bertz CT molecular complexity index is 1520. The van der Waals surface area contributed by atoms with Crippen LogP contribution >= 0.6 is 23.2 Å². The van der Waals surface area contributed by atoms with E-state index in [-0.39, 0.29) is 34.0 Å². The Morgan fingerprint density at radius 2 is 1.95 bits per heavy atom. The second kappa shape index (κ2) is 11.6. The molecule has 1 amide bonds. The highest BCUT2D eigenvalue weighted by Crippen LogP contribution is 2.44. The molecule has 1 N–H and O–H groups in total. The zero-order chi connectivity index (χ0) is 30.5. The van der Waals surface area contributed by atoms with Crippen LogP contribution in [0.1, 0.15) is 66.0 Å². The van der Waals surface area contributed by atoms with Gasteiger partial charge in [-0.3, -0.25) is 0 Å². The van der Waals surface area contributed by atoms with Crippen LogP contribution in [0.5, 0.6) is 0 Å². The Morgan fingerprint density at radius 3 is 2.65 bits per heavy atom. The number of hydrogen-bond donors (Lipinski definition) is 1. The van der Waals surface area contributed by atoms with Gasteiger partial charge in [0.2, 0.25) is 5.95 Å². The van der Waals surface area contributed by atoms with Crippen molar-refractivity contribution in [2.75, 3.05) is 31.2 Å². The lowest BCUT2D eigenvalue weighted by Gasteiger charge is -2.43. The number of hydrogen-bond acceptors (Lipinski definition) is 9. The molecule has 3 aliphatic rings. The number of carbonyl (C=O) groups is 1. The standard InChI is InChI=1S/C29H36Cl2FN7O4/c1-16-22(35-27(40)43-28(2,3)4)29(15-42-16)9-12-38(13-10-29)26-23(31)34-21-20(17-8-11-33-24(32)19(17)30)37-39(25(21)36-26)18-7-5-6-14-41-18/h8,11,16,18,22H,5-7,9-10,12-15H2,1-4H3,(H,35,40)/t16-,18?,22+/m0/s1. The first kappa shape index (κ1) is 30.2. The molecule has 3 aromatic rings. The van der Waals surface area contributed by atoms with E-state index in [1.807, 2.05) is 27.7 Å². The average molecular weight is 637 g/mol. The van der Waals surface area contributed by atoms with Crippen LogP contribution < -0.4 is 10.2 Å². The third-order valence-corrected chi connectivity index (χ3v) is 9.10. The average Bonchev–Trinajstić information content (AvgIpc) is 3.47. The maximum absolute atomic E-state index is 14.3. The van der Waals surface area contributed by atoms with Gasteiger partial charge >= 0.3 is 6.09 Å². The summed E-state index contributed by atoms with van der Waals surface area (Å²) in [6, 6.07) is 1.41. The number of amides is 1. The lowest BCUT2D eigenvalue weighted by molar-refractivity contribution is -0.0368. The quantitative estimate of drug-likeness (QED) is 0.348. The van der Waals surface area contributed by atoms with Gasteiger partial charge in [0.1, 0.15) is 21.8 Å². The highest BCUT2D eigenvalue weighted by molar-refractivity contribution is 6.34. The monoisotopic (exact) mass is 635 g/mol. The van der Waals surface area contributed by atoms with Gasteiger partial charge in [-0.15, -0.1) is 0 Å². The van der Waals surface area contributed by atoms with Crippen molar-refractivity contribution in [1.82, 2.24) is 30.0 Å². The Hall–Kier alpha value is -2.80. The summed E-state index contributed by atoms with van der Waals surface area (Å²) in [4.78, 5) is 28.1. The van der Waals surface area contributed by atoms with E-state index in [1.54, 1.807) is 10.7 Å². The van der Waals surface area contributed by atoms with Gasteiger partial charge in [0.15, 0.2) is 22.8 Å². The summed E-state index contributed by atoms with van der Waals surface area (Å²) in [6.07, 6.45) is 4.59. The number of aromatic nitrogens is 5. The normalized spacial score (nSPS) is 24.1. The van der Waals surface area contributed by atoms with E-state index >= 15 is 0 Å². The van der Waals surface area contributed by atoms with Crippen molar-refractivity contribution >= 4 is 46.3 Å². The molecule has 11 nitrogen and oxygen atoms in total. The summed E-state index contributed by atoms with van der Waals surface area (Å²) in [5.41, 5.74) is 0.765. The molecule has 1 spiro atoms. The summed E-state index contributed by atoms with van der Waals surface area (Å²) in [7, 11) is 0. The number of anilines is 1. The highest BCUT2D eigenvalue weighted by Gasteiger charge is 2.51. The summed E-state index contributed by atoms with van der Waals surface area (Å²) >= 11 is 13.1. The van der Waals surface area contributed by atoms with Crippen molar-refractivity contribution in [3.8, 4) is 11.3 Å². The molecular formula is C29H36Cl2FN7O4. The molecule has 1 unspecified atom stereocenters. The number of alkyl carbamates (subject to hydrolysis) is 1. The van der Waals surface area contributed by atoms with Gasteiger partial charge in [0, 0.05) is 36.9 Å². The Labute approximate surface area is 259 Å². The molecule has 0 bridgehead atoms. The lowest BCUT2D eigenvalue weighted by Crippen LogP contribution is -2.55. The minimum atomic E-state index is -0.793. The smallest absolute Gasteiger partial charge is 0.407 e. The molecular weight excluding hydrogens is 600 g/mol. The Balaban J connectivity index is 1.30. The van der Waals surface area contributed by atoms with Crippen LogP contribution in [0.3, 0.4) is 0 Å². The van der Waals surface area contributed by atoms with E-state index in [4.69, 9.17) is 52.5 Å². The van der Waals surface area contributed by atoms with Gasteiger partial charge in [0.25, 0.3) is 0 Å². The number of nitrogens with zero attached hydrogens (tertiary/aromatic N) is 6. The van der Waals surface area contributed by atoms with Crippen LogP contribution in [0, 0.1) is 11.4 Å². The first-order valence-electron chi connectivity index (χ1n) is 14.7. The second-order valence-corrected chi connectivity index (χ2v) is 13.3. The fourth-order valence-electron chi connectivity index (χ4n) is 6.33. The third-order valence-electron chi connectivity index (χ3n) is 8.49. The molecule has 232 valence electrons. The maximum atomic E-state index is 14.3. The zero-order valence-corrected chi connectivity index (χ0v) is 26.2. The largest absolute Gasteiger partial charge is 0.444 e. The van der Waals surface area contributed by atoms with Crippen molar-refractivity contribution < 1.29 is 23.4 Å². The molecule has 3 saturated heterocycles. The van der Waals surface area contributed by atoms with Crippen molar-refractivity contribution in [2.24, 2.45) is 5.41 Å². The molecule has 6 rings (SSSR count). The molecule has 3 fully saturated rings. The predicted molar refractivity (Wildman–Crippen MR) is 160 cm³/mol. The van der Waals surface area contributed by atoms with Crippen LogP contribution in [0.4, 0.5) is 15.0 Å². The fourth-order valence-corrected chi connectivity index (χ4v) is 6.77. The maximum Gasteiger partial charge on any atom is 0.407 e. The van der Waals surface area contributed by atoms with Crippen LogP contribution in [-0.2, 0) is 14.2 Å². The number of carbonyl (C=O) groups excluding carboxylic acids is 1. The van der Waals surface area contributed by atoms with E-state index in [0.717, 1.165) is 32.1 Å². The lowest BCUT2D eigenvalue weighted by atomic mass is 9.73. The number of nitrogens with one attached hydrogen (secondary N) is 1. The number of fused-ring (bicyclic) bond motifs is 1. The summed E-state index contributed by atoms with van der Waals surface area (Å²) < 4.78 is 33.7. The molecule has 0 saturated carbocycles. The van der Waals surface area contributed by atoms with Gasteiger partial charge < -0.3 is 24.4 Å². The molecule has 0 aliphatic carbocycles. The van der Waals surface area contributed by atoms with E-state index in [9.17, 15) is 9.18 Å². The minimum absolute atomic E-state index is 0.146. The molecule has 3 atom stereocenters. The number of rotatable bonds is 4. The molecule has 14 heteroatoms. The number of halogens is 3. The zero-order valence-electron chi connectivity index (χ0n) is 24.7. The Kier molecular flexibility index (Phi) is 8.16. The molecule has 6 heterocycles. The van der Waals surface area contributed by atoms with E-state index in [0.29, 0.717) is 54.5 Å². The van der Waals surface area contributed by atoms with Gasteiger partial charge in [-0.2, -0.15) is 9.49 Å². The van der Waals surface area contributed by atoms with E-state index in [1.165, 1.54) is 6.20 Å². The summed E-state index contributed by atoms with van der Waals surface area (Å²) in [6.45, 7) is 9.91. The predicted octanol–water partition coefficient (Wildman–Crippen LogP) is 5.93.